The van der Waals surface area contributed by atoms with E-state index >= 15 is 0 Å². The quantitative estimate of drug-likeness (QED) is 0.269. The molecule has 39 heavy (non-hydrogen) atoms. The fourth-order valence-corrected chi connectivity index (χ4v) is 5.20. The Hall–Kier alpha value is -3.85. The van der Waals surface area contributed by atoms with E-state index in [4.69, 9.17) is 4.74 Å². The standard InChI is InChI=1S/C30H37N3O5S/c1-4-6-18-33(19-7-5-2)27-20-25(30(35)31-22-24-14-10-8-11-15-24)21-28(39(36,37)32-23(3)34)29(27)38-26-16-12-9-13-17-26/h8-17,20-21H,4-7,18-19,22H2,1-3H3,(H,31,35)(H,32,34). The van der Waals surface area contributed by atoms with Crippen molar-refractivity contribution in [2.24, 2.45) is 0 Å². The van der Waals surface area contributed by atoms with Crippen molar-refractivity contribution in [3.05, 3.63) is 83.9 Å². The summed E-state index contributed by atoms with van der Waals surface area (Å²) in [6.07, 6.45) is 3.61. The molecule has 0 aliphatic heterocycles. The molecular formula is C30H37N3O5S. The summed E-state index contributed by atoms with van der Waals surface area (Å²) < 4.78 is 35.1. The first-order valence-electron chi connectivity index (χ1n) is 13.3. The molecule has 208 valence electrons. The van der Waals surface area contributed by atoms with Crippen molar-refractivity contribution in [2.45, 2.75) is 57.9 Å². The molecule has 0 aliphatic carbocycles. The Balaban J connectivity index is 2.18. The molecule has 3 rings (SSSR count). The van der Waals surface area contributed by atoms with E-state index in [9.17, 15) is 18.0 Å². The molecule has 2 amide bonds. The van der Waals surface area contributed by atoms with Gasteiger partial charge < -0.3 is 15.0 Å². The van der Waals surface area contributed by atoms with Crippen molar-refractivity contribution in [2.75, 3.05) is 18.0 Å². The summed E-state index contributed by atoms with van der Waals surface area (Å²) in [6, 6.07) is 21.2. The van der Waals surface area contributed by atoms with Crippen molar-refractivity contribution in [3.8, 4) is 11.5 Å². The molecule has 0 saturated carbocycles. The molecule has 0 unspecified atom stereocenters. The van der Waals surface area contributed by atoms with Gasteiger partial charge in [-0.25, -0.2) is 13.1 Å². The molecule has 0 saturated heterocycles. The number of amides is 2. The highest BCUT2D eigenvalue weighted by molar-refractivity contribution is 7.90. The lowest BCUT2D eigenvalue weighted by molar-refractivity contribution is -0.117. The minimum atomic E-state index is -4.36. The van der Waals surface area contributed by atoms with Crippen LogP contribution in [-0.4, -0.2) is 33.3 Å². The SMILES string of the molecule is CCCCN(CCCC)c1cc(C(=O)NCc2ccccc2)cc(S(=O)(=O)NC(C)=O)c1Oc1ccccc1. The Morgan fingerprint density at radius 3 is 2.03 bits per heavy atom. The molecule has 0 bridgehead atoms. The van der Waals surface area contributed by atoms with Gasteiger partial charge in [-0.15, -0.1) is 0 Å². The smallest absolute Gasteiger partial charge is 0.267 e. The van der Waals surface area contributed by atoms with Gasteiger partial charge in [-0.1, -0.05) is 75.2 Å². The Kier molecular flexibility index (Phi) is 10.9. The number of ether oxygens (including phenoxy) is 1. The number of nitrogens with one attached hydrogen (secondary N) is 2. The first-order valence-corrected chi connectivity index (χ1v) is 14.7. The molecule has 0 spiro atoms. The summed E-state index contributed by atoms with van der Waals surface area (Å²) in [5, 5.41) is 2.88. The van der Waals surface area contributed by atoms with E-state index in [0.717, 1.165) is 38.2 Å². The predicted molar refractivity (Wildman–Crippen MR) is 154 cm³/mol. The monoisotopic (exact) mass is 551 g/mol. The van der Waals surface area contributed by atoms with Gasteiger partial charge in [-0.05, 0) is 42.7 Å². The van der Waals surface area contributed by atoms with Gasteiger partial charge in [0.2, 0.25) is 5.91 Å². The zero-order valence-electron chi connectivity index (χ0n) is 22.8. The van der Waals surface area contributed by atoms with Crippen LogP contribution in [0.4, 0.5) is 5.69 Å². The Labute approximate surface area is 231 Å². The molecule has 0 fully saturated rings. The van der Waals surface area contributed by atoms with Crippen LogP contribution in [0.2, 0.25) is 0 Å². The summed E-state index contributed by atoms with van der Waals surface area (Å²) in [7, 11) is -4.36. The van der Waals surface area contributed by atoms with Crippen molar-refractivity contribution >= 4 is 27.5 Å². The fourth-order valence-electron chi connectivity index (χ4n) is 4.04. The van der Waals surface area contributed by atoms with E-state index in [1.165, 1.54) is 6.07 Å². The molecule has 2 N–H and O–H groups in total. The first kappa shape index (κ1) is 29.7. The van der Waals surface area contributed by atoms with E-state index in [1.807, 2.05) is 41.1 Å². The number of rotatable bonds is 14. The number of benzene rings is 3. The molecular weight excluding hydrogens is 514 g/mol. The maximum atomic E-state index is 13.4. The Bertz CT molecular complexity index is 1340. The van der Waals surface area contributed by atoms with E-state index in [-0.39, 0.29) is 22.8 Å². The minimum absolute atomic E-state index is 0.0711. The first-order chi connectivity index (χ1) is 18.7. The maximum Gasteiger partial charge on any atom is 0.267 e. The summed E-state index contributed by atoms with van der Waals surface area (Å²) in [6.45, 7) is 6.87. The second-order valence-corrected chi connectivity index (χ2v) is 10.9. The molecule has 0 atom stereocenters. The van der Waals surface area contributed by atoms with Gasteiger partial charge in [0, 0.05) is 32.1 Å². The van der Waals surface area contributed by atoms with Gasteiger partial charge in [-0.3, -0.25) is 9.59 Å². The van der Waals surface area contributed by atoms with E-state index in [2.05, 4.69) is 24.1 Å². The van der Waals surface area contributed by atoms with Gasteiger partial charge in [0.1, 0.15) is 10.6 Å². The number of carbonyl (C=O) groups is 2. The number of anilines is 1. The fraction of sp³-hybridized carbons (Fsp3) is 0.333. The van der Waals surface area contributed by atoms with Gasteiger partial charge in [0.25, 0.3) is 15.9 Å². The number of para-hydroxylation sites is 1. The lowest BCUT2D eigenvalue weighted by Crippen LogP contribution is -2.31. The van der Waals surface area contributed by atoms with E-state index in [0.29, 0.717) is 24.5 Å². The van der Waals surface area contributed by atoms with Crippen molar-refractivity contribution < 1.29 is 22.7 Å². The third kappa shape index (κ3) is 8.58. The number of hydrogen-bond donors (Lipinski definition) is 2. The van der Waals surface area contributed by atoms with Gasteiger partial charge >= 0.3 is 0 Å². The second kappa shape index (κ2) is 14.3. The predicted octanol–water partition coefficient (Wildman–Crippen LogP) is 5.64. The van der Waals surface area contributed by atoms with Crippen molar-refractivity contribution in [1.82, 2.24) is 10.0 Å². The minimum Gasteiger partial charge on any atom is -0.454 e. The van der Waals surface area contributed by atoms with Crippen LogP contribution in [0, 0.1) is 0 Å². The van der Waals surface area contributed by atoms with Crippen LogP contribution in [0.5, 0.6) is 11.5 Å². The molecule has 0 aromatic heterocycles. The van der Waals surface area contributed by atoms with Crippen molar-refractivity contribution in [3.63, 3.8) is 0 Å². The van der Waals surface area contributed by atoms with Crippen LogP contribution >= 0.6 is 0 Å². The number of nitrogens with zero attached hydrogens (tertiary/aromatic N) is 1. The summed E-state index contributed by atoms with van der Waals surface area (Å²) >= 11 is 0. The number of unbranched alkanes of at least 4 members (excludes halogenated alkanes) is 2. The molecule has 3 aromatic rings. The van der Waals surface area contributed by atoms with Crippen LogP contribution < -0.4 is 19.7 Å². The Morgan fingerprint density at radius 2 is 1.46 bits per heavy atom. The normalized spacial score (nSPS) is 11.1. The van der Waals surface area contributed by atoms with Gasteiger partial charge in [0.05, 0.1) is 5.69 Å². The van der Waals surface area contributed by atoms with Crippen LogP contribution in [0.1, 0.15) is 62.4 Å². The lowest BCUT2D eigenvalue weighted by atomic mass is 10.1. The van der Waals surface area contributed by atoms with E-state index < -0.39 is 21.8 Å². The van der Waals surface area contributed by atoms with Gasteiger partial charge in [0.15, 0.2) is 5.75 Å². The third-order valence-electron chi connectivity index (χ3n) is 6.03. The second-order valence-electron chi connectivity index (χ2n) is 9.26. The molecule has 0 heterocycles. The average Bonchev–Trinajstić information content (AvgIpc) is 2.92. The topological polar surface area (TPSA) is 105 Å². The molecule has 8 nitrogen and oxygen atoms in total. The average molecular weight is 552 g/mol. The van der Waals surface area contributed by atoms with E-state index in [1.54, 1.807) is 30.3 Å². The highest BCUT2D eigenvalue weighted by Gasteiger charge is 2.29. The van der Waals surface area contributed by atoms with Crippen LogP contribution in [-0.2, 0) is 21.4 Å². The summed E-state index contributed by atoms with van der Waals surface area (Å²) in [4.78, 5) is 27.0. The van der Waals surface area contributed by atoms with Crippen LogP contribution in [0.15, 0.2) is 77.7 Å². The van der Waals surface area contributed by atoms with Crippen LogP contribution in [0.25, 0.3) is 0 Å². The Morgan fingerprint density at radius 1 is 0.872 bits per heavy atom. The molecule has 9 heteroatoms. The summed E-state index contributed by atoms with van der Waals surface area (Å²) in [5.74, 6) is -0.668. The zero-order chi connectivity index (χ0) is 28.3. The zero-order valence-corrected chi connectivity index (χ0v) is 23.6. The number of carbonyl (C=O) groups excluding carboxylic acids is 2. The molecule has 0 aliphatic rings. The van der Waals surface area contributed by atoms with Crippen molar-refractivity contribution in [1.29, 1.82) is 0 Å². The summed E-state index contributed by atoms with van der Waals surface area (Å²) in [5.41, 5.74) is 1.55. The third-order valence-corrected chi connectivity index (χ3v) is 7.47. The maximum absolute atomic E-state index is 13.4. The van der Waals surface area contributed by atoms with Gasteiger partial charge in [-0.2, -0.15) is 0 Å². The molecule has 0 radical (unpaired) electrons. The molecule has 3 aromatic carbocycles. The number of hydrogen-bond acceptors (Lipinski definition) is 6. The highest BCUT2D eigenvalue weighted by atomic mass is 32.2. The largest absolute Gasteiger partial charge is 0.454 e. The highest BCUT2D eigenvalue weighted by Crippen LogP contribution is 2.40. The van der Waals surface area contributed by atoms with Crippen LogP contribution in [0.3, 0.4) is 0 Å². The lowest BCUT2D eigenvalue weighted by Gasteiger charge is -2.28. The number of sulfonamides is 1.